The minimum atomic E-state index is 1.14. The number of fused-ring (bicyclic) bond motifs is 1. The molecule has 0 atom stereocenters. The fourth-order valence-electron chi connectivity index (χ4n) is 2.20. The lowest BCUT2D eigenvalue weighted by Gasteiger charge is -2.11. The second-order valence-electron chi connectivity index (χ2n) is 4.31. The summed E-state index contributed by atoms with van der Waals surface area (Å²) in [6.45, 7) is 8.28. The van der Waals surface area contributed by atoms with Gasteiger partial charge in [-0.3, -0.25) is 0 Å². The van der Waals surface area contributed by atoms with Gasteiger partial charge in [-0.05, 0) is 60.3 Å². The van der Waals surface area contributed by atoms with Crippen LogP contribution in [0.2, 0.25) is 0 Å². The van der Waals surface area contributed by atoms with Crippen LogP contribution in [0.3, 0.4) is 0 Å². The number of rotatable bonds is 2. The molecule has 16 heavy (non-hydrogen) atoms. The summed E-state index contributed by atoms with van der Waals surface area (Å²) in [5.41, 5.74) is 5.36. The number of allylic oxidation sites excluding steroid dienone is 1. The Morgan fingerprint density at radius 2 is 2.00 bits per heavy atom. The summed E-state index contributed by atoms with van der Waals surface area (Å²) in [7, 11) is 0. The number of aryl methyl sites for hydroxylation is 1. The average molecular weight is 230 g/mol. The lowest BCUT2D eigenvalue weighted by Crippen LogP contribution is -1.91. The Balaban J connectivity index is 2.43. The lowest BCUT2D eigenvalue weighted by molar-refractivity contribution is 0.771. The molecule has 0 nitrogen and oxygen atoms in total. The van der Waals surface area contributed by atoms with Gasteiger partial charge in [0.05, 0.1) is 0 Å². The molecular formula is C15H18S. The van der Waals surface area contributed by atoms with Gasteiger partial charge >= 0.3 is 0 Å². The highest BCUT2D eigenvalue weighted by Gasteiger charge is 2.12. The molecule has 1 aliphatic rings. The standard InChI is InChI=1S/C15H18S/c1-11-6-4-5-7-13-8-9-14(10-15(11)13)12(2)16-3/h8-10H,1-2,4-7H2,3H3. The maximum absolute atomic E-state index is 4.21. The first kappa shape index (κ1) is 11.5. The molecule has 0 unspecified atom stereocenters. The third kappa shape index (κ3) is 2.25. The van der Waals surface area contributed by atoms with Crippen LogP contribution in [-0.2, 0) is 6.42 Å². The highest BCUT2D eigenvalue weighted by molar-refractivity contribution is 8.07. The van der Waals surface area contributed by atoms with Crippen LogP contribution in [0.1, 0.15) is 36.0 Å². The third-order valence-corrected chi connectivity index (χ3v) is 3.96. The van der Waals surface area contributed by atoms with E-state index in [1.165, 1.54) is 41.5 Å². The molecule has 2 rings (SSSR count). The van der Waals surface area contributed by atoms with Crippen molar-refractivity contribution in [1.82, 2.24) is 0 Å². The maximum Gasteiger partial charge on any atom is 0.00699 e. The topological polar surface area (TPSA) is 0 Å². The summed E-state index contributed by atoms with van der Waals surface area (Å²) in [4.78, 5) is 1.14. The van der Waals surface area contributed by atoms with Gasteiger partial charge in [0, 0.05) is 4.91 Å². The molecule has 0 spiro atoms. The number of thioether (sulfide) groups is 1. The van der Waals surface area contributed by atoms with Crippen LogP contribution in [0.25, 0.3) is 10.5 Å². The zero-order valence-electron chi connectivity index (χ0n) is 9.88. The van der Waals surface area contributed by atoms with E-state index < -0.39 is 0 Å². The smallest absolute Gasteiger partial charge is 0.00699 e. The van der Waals surface area contributed by atoms with Gasteiger partial charge in [-0.2, -0.15) is 0 Å². The van der Waals surface area contributed by atoms with Crippen LogP contribution in [0.15, 0.2) is 31.4 Å². The van der Waals surface area contributed by atoms with Crippen molar-refractivity contribution in [3.63, 3.8) is 0 Å². The van der Waals surface area contributed by atoms with Crippen molar-refractivity contribution in [3.8, 4) is 0 Å². The summed E-state index contributed by atoms with van der Waals surface area (Å²) in [6.07, 6.45) is 6.96. The van der Waals surface area contributed by atoms with Crippen LogP contribution >= 0.6 is 11.8 Å². The first-order chi connectivity index (χ1) is 7.72. The SMILES string of the molecule is C=C(SC)c1ccc2c(c1)C(=C)CCCC2. The van der Waals surface area contributed by atoms with Crippen molar-refractivity contribution < 1.29 is 0 Å². The van der Waals surface area contributed by atoms with Crippen LogP contribution < -0.4 is 0 Å². The molecule has 0 saturated carbocycles. The van der Waals surface area contributed by atoms with Gasteiger partial charge in [0.2, 0.25) is 0 Å². The monoisotopic (exact) mass is 230 g/mol. The van der Waals surface area contributed by atoms with E-state index in [1.807, 2.05) is 0 Å². The molecule has 1 aromatic carbocycles. The number of hydrogen-bond donors (Lipinski definition) is 0. The Hall–Kier alpha value is -0.950. The second kappa shape index (κ2) is 4.92. The van der Waals surface area contributed by atoms with Gasteiger partial charge in [0.1, 0.15) is 0 Å². The van der Waals surface area contributed by atoms with Crippen molar-refractivity contribution in [2.24, 2.45) is 0 Å². The molecule has 0 saturated heterocycles. The highest BCUT2D eigenvalue weighted by atomic mass is 32.2. The Bertz CT molecular complexity index is 429. The predicted octanol–water partition coefficient (Wildman–Crippen LogP) is 4.76. The van der Waals surface area contributed by atoms with Crippen LogP contribution in [0.5, 0.6) is 0 Å². The first-order valence-corrected chi connectivity index (χ1v) is 6.99. The zero-order chi connectivity index (χ0) is 11.5. The number of benzene rings is 1. The Morgan fingerprint density at radius 1 is 1.25 bits per heavy atom. The Kier molecular flexibility index (Phi) is 3.55. The van der Waals surface area contributed by atoms with E-state index in [0.717, 1.165) is 11.3 Å². The summed E-state index contributed by atoms with van der Waals surface area (Å²) >= 11 is 1.71. The quantitative estimate of drug-likeness (QED) is 0.660. The Morgan fingerprint density at radius 3 is 2.75 bits per heavy atom. The molecular weight excluding hydrogens is 212 g/mol. The summed E-state index contributed by atoms with van der Waals surface area (Å²) in [6, 6.07) is 6.71. The van der Waals surface area contributed by atoms with Crippen molar-refractivity contribution in [2.45, 2.75) is 25.7 Å². The highest BCUT2D eigenvalue weighted by Crippen LogP contribution is 2.32. The summed E-state index contributed by atoms with van der Waals surface area (Å²) in [5, 5.41) is 0. The van der Waals surface area contributed by atoms with Crippen LogP contribution in [0, 0.1) is 0 Å². The second-order valence-corrected chi connectivity index (χ2v) is 5.21. The minimum absolute atomic E-state index is 1.14. The lowest BCUT2D eigenvalue weighted by atomic mass is 9.97. The molecule has 0 aromatic heterocycles. The van der Waals surface area contributed by atoms with Crippen molar-refractivity contribution in [2.75, 3.05) is 6.26 Å². The van der Waals surface area contributed by atoms with Gasteiger partial charge in [0.25, 0.3) is 0 Å². The molecule has 0 radical (unpaired) electrons. The largest absolute Gasteiger partial charge is 0.130 e. The first-order valence-electron chi connectivity index (χ1n) is 5.76. The van der Waals surface area contributed by atoms with Crippen LogP contribution in [-0.4, -0.2) is 6.26 Å². The van der Waals surface area contributed by atoms with E-state index in [1.54, 1.807) is 11.8 Å². The van der Waals surface area contributed by atoms with Crippen molar-refractivity contribution >= 4 is 22.2 Å². The minimum Gasteiger partial charge on any atom is -0.130 e. The molecule has 0 N–H and O–H groups in total. The molecule has 1 heteroatoms. The van der Waals surface area contributed by atoms with Gasteiger partial charge in [-0.25, -0.2) is 0 Å². The van der Waals surface area contributed by atoms with Gasteiger partial charge in [-0.1, -0.05) is 25.3 Å². The van der Waals surface area contributed by atoms with E-state index in [9.17, 15) is 0 Å². The van der Waals surface area contributed by atoms with Gasteiger partial charge in [-0.15, -0.1) is 11.8 Å². The molecule has 0 aliphatic heterocycles. The predicted molar refractivity (Wildman–Crippen MR) is 75.6 cm³/mol. The summed E-state index contributed by atoms with van der Waals surface area (Å²) in [5.74, 6) is 0. The average Bonchev–Trinajstić information content (AvgIpc) is 2.50. The van der Waals surface area contributed by atoms with E-state index >= 15 is 0 Å². The fraction of sp³-hybridized carbons (Fsp3) is 0.333. The van der Waals surface area contributed by atoms with E-state index in [2.05, 4.69) is 37.6 Å². The Labute approximate surface area is 102 Å². The maximum atomic E-state index is 4.21. The van der Waals surface area contributed by atoms with Gasteiger partial charge < -0.3 is 0 Å². The van der Waals surface area contributed by atoms with Gasteiger partial charge in [0.15, 0.2) is 0 Å². The molecule has 1 aromatic rings. The van der Waals surface area contributed by atoms with E-state index in [4.69, 9.17) is 0 Å². The fourth-order valence-corrected chi connectivity index (χ4v) is 2.57. The summed E-state index contributed by atoms with van der Waals surface area (Å²) < 4.78 is 0. The molecule has 0 amide bonds. The molecule has 84 valence electrons. The normalized spacial score (nSPS) is 15.4. The zero-order valence-corrected chi connectivity index (χ0v) is 10.7. The van der Waals surface area contributed by atoms with Crippen molar-refractivity contribution in [1.29, 1.82) is 0 Å². The molecule has 0 heterocycles. The van der Waals surface area contributed by atoms with Crippen molar-refractivity contribution in [3.05, 3.63) is 48.0 Å². The van der Waals surface area contributed by atoms with E-state index in [-0.39, 0.29) is 0 Å². The third-order valence-electron chi connectivity index (χ3n) is 3.23. The molecule has 0 fully saturated rings. The van der Waals surface area contributed by atoms with E-state index in [0.29, 0.717) is 0 Å². The van der Waals surface area contributed by atoms with Crippen LogP contribution in [0.4, 0.5) is 0 Å². The number of hydrogen-bond acceptors (Lipinski definition) is 1. The molecule has 0 bridgehead atoms. The molecule has 1 aliphatic carbocycles.